The number of sulfone groups is 1. The molecular formula is C12H14ClN3O2S2. The first-order valence-electron chi connectivity index (χ1n) is 5.91. The Morgan fingerprint density at radius 1 is 1.40 bits per heavy atom. The molecule has 1 heterocycles. The van der Waals surface area contributed by atoms with E-state index in [0.29, 0.717) is 16.6 Å². The fraction of sp³-hybridized carbons (Fsp3) is 0.250. The van der Waals surface area contributed by atoms with Crippen LogP contribution in [0, 0.1) is 0 Å². The molecule has 3 N–H and O–H groups in total. The van der Waals surface area contributed by atoms with Crippen LogP contribution in [-0.4, -0.2) is 18.5 Å². The molecule has 0 saturated heterocycles. The number of halogens is 1. The fourth-order valence-corrected chi connectivity index (χ4v) is 4.03. The van der Waals surface area contributed by atoms with E-state index in [9.17, 15) is 8.42 Å². The van der Waals surface area contributed by atoms with Crippen LogP contribution >= 0.6 is 23.1 Å². The molecule has 0 saturated carbocycles. The standard InChI is InChI=1S/C12H14ClN3O2S2/c1-2-20(17,18)10-11(14)16-19-12(10)15-7-8-5-3-4-6-9(8)13/h3-6,15H,2,7H2,1H3,(H2,14,16). The van der Waals surface area contributed by atoms with Crippen LogP contribution in [0.1, 0.15) is 12.5 Å². The van der Waals surface area contributed by atoms with Crippen molar-refractivity contribution in [2.75, 3.05) is 16.8 Å². The summed E-state index contributed by atoms with van der Waals surface area (Å²) >= 11 is 7.09. The van der Waals surface area contributed by atoms with Gasteiger partial charge in [-0.15, -0.1) is 0 Å². The summed E-state index contributed by atoms with van der Waals surface area (Å²) in [4.78, 5) is 0.0806. The fourth-order valence-electron chi connectivity index (χ4n) is 1.67. The average Bonchev–Trinajstić information content (AvgIpc) is 2.80. The van der Waals surface area contributed by atoms with Gasteiger partial charge in [0.1, 0.15) is 9.90 Å². The maximum atomic E-state index is 12.0. The zero-order valence-electron chi connectivity index (χ0n) is 10.8. The van der Waals surface area contributed by atoms with Crippen LogP contribution in [0.3, 0.4) is 0 Å². The molecule has 0 aliphatic heterocycles. The highest BCUT2D eigenvalue weighted by Gasteiger charge is 2.23. The summed E-state index contributed by atoms with van der Waals surface area (Å²) in [5.41, 5.74) is 6.53. The van der Waals surface area contributed by atoms with Gasteiger partial charge < -0.3 is 11.1 Å². The number of nitrogens with one attached hydrogen (secondary N) is 1. The molecule has 8 heteroatoms. The van der Waals surface area contributed by atoms with Crippen LogP contribution in [0.4, 0.5) is 10.8 Å². The van der Waals surface area contributed by atoms with Gasteiger partial charge in [-0.3, -0.25) is 0 Å². The van der Waals surface area contributed by atoms with E-state index in [0.717, 1.165) is 17.1 Å². The van der Waals surface area contributed by atoms with Crippen LogP contribution in [0.25, 0.3) is 0 Å². The molecule has 1 aromatic carbocycles. The molecule has 0 fully saturated rings. The third kappa shape index (κ3) is 3.05. The minimum Gasteiger partial charge on any atom is -0.382 e. The number of hydrogen-bond donors (Lipinski definition) is 2. The highest BCUT2D eigenvalue weighted by atomic mass is 35.5. The van der Waals surface area contributed by atoms with Crippen molar-refractivity contribution in [1.29, 1.82) is 0 Å². The normalized spacial score (nSPS) is 11.5. The second-order valence-corrected chi connectivity index (χ2v) is 7.47. The van der Waals surface area contributed by atoms with Gasteiger partial charge in [-0.25, -0.2) is 8.42 Å². The number of anilines is 2. The summed E-state index contributed by atoms with van der Waals surface area (Å²) in [6.07, 6.45) is 0. The Labute approximate surface area is 126 Å². The summed E-state index contributed by atoms with van der Waals surface area (Å²) < 4.78 is 27.9. The monoisotopic (exact) mass is 331 g/mol. The van der Waals surface area contributed by atoms with Gasteiger partial charge in [0.2, 0.25) is 0 Å². The molecule has 5 nitrogen and oxygen atoms in total. The van der Waals surface area contributed by atoms with Crippen molar-refractivity contribution in [3.63, 3.8) is 0 Å². The number of benzene rings is 1. The maximum absolute atomic E-state index is 12.0. The smallest absolute Gasteiger partial charge is 0.184 e. The highest BCUT2D eigenvalue weighted by Crippen LogP contribution is 2.32. The van der Waals surface area contributed by atoms with Gasteiger partial charge in [0.15, 0.2) is 15.7 Å². The molecule has 0 aliphatic rings. The van der Waals surface area contributed by atoms with Gasteiger partial charge in [-0.05, 0) is 23.2 Å². The van der Waals surface area contributed by atoms with E-state index in [2.05, 4.69) is 9.69 Å². The lowest BCUT2D eigenvalue weighted by atomic mass is 10.2. The minimum atomic E-state index is -3.40. The molecule has 0 atom stereocenters. The second kappa shape index (κ2) is 5.99. The lowest BCUT2D eigenvalue weighted by Crippen LogP contribution is -2.09. The Morgan fingerprint density at radius 2 is 2.10 bits per heavy atom. The molecule has 2 rings (SSSR count). The molecule has 0 unspecified atom stereocenters. The quantitative estimate of drug-likeness (QED) is 0.880. The second-order valence-electron chi connectivity index (χ2n) is 4.07. The first-order valence-corrected chi connectivity index (χ1v) is 8.71. The van der Waals surface area contributed by atoms with Crippen molar-refractivity contribution in [3.05, 3.63) is 34.9 Å². The number of nitrogens with two attached hydrogens (primary N) is 1. The zero-order valence-corrected chi connectivity index (χ0v) is 13.1. The third-order valence-corrected chi connectivity index (χ3v) is 5.87. The van der Waals surface area contributed by atoms with E-state index in [1.165, 1.54) is 0 Å². The minimum absolute atomic E-state index is 0.0175. The lowest BCUT2D eigenvalue weighted by Gasteiger charge is -2.08. The third-order valence-electron chi connectivity index (χ3n) is 2.76. The molecule has 108 valence electrons. The predicted octanol–water partition coefficient (Wildman–Crippen LogP) is 2.78. The number of hydrogen-bond acceptors (Lipinski definition) is 6. The van der Waals surface area contributed by atoms with E-state index < -0.39 is 9.84 Å². The average molecular weight is 332 g/mol. The lowest BCUT2D eigenvalue weighted by molar-refractivity contribution is 0.598. The number of nitrogen functional groups attached to an aromatic ring is 1. The van der Waals surface area contributed by atoms with Crippen molar-refractivity contribution >= 4 is 43.8 Å². The summed E-state index contributed by atoms with van der Waals surface area (Å²) in [7, 11) is -3.40. The molecular weight excluding hydrogens is 318 g/mol. The summed E-state index contributed by atoms with van der Waals surface area (Å²) in [5.74, 6) is 0.0228. The van der Waals surface area contributed by atoms with Gasteiger partial charge in [-0.1, -0.05) is 36.7 Å². The van der Waals surface area contributed by atoms with Gasteiger partial charge in [-0.2, -0.15) is 4.37 Å². The maximum Gasteiger partial charge on any atom is 0.184 e. The molecule has 20 heavy (non-hydrogen) atoms. The molecule has 2 aromatic rings. The summed E-state index contributed by atoms with van der Waals surface area (Å²) in [5, 5.41) is 4.12. The number of nitrogens with zero attached hydrogens (tertiary/aromatic N) is 1. The first-order chi connectivity index (χ1) is 9.45. The Hall–Kier alpha value is -1.31. The number of rotatable bonds is 5. The van der Waals surface area contributed by atoms with E-state index in [4.69, 9.17) is 17.3 Å². The Balaban J connectivity index is 2.26. The van der Waals surface area contributed by atoms with Crippen LogP contribution < -0.4 is 11.1 Å². The van der Waals surface area contributed by atoms with Crippen LogP contribution in [0.2, 0.25) is 5.02 Å². The highest BCUT2D eigenvalue weighted by molar-refractivity contribution is 7.91. The molecule has 0 bridgehead atoms. The molecule has 0 radical (unpaired) electrons. The van der Waals surface area contributed by atoms with Crippen molar-refractivity contribution in [2.45, 2.75) is 18.4 Å². The van der Waals surface area contributed by atoms with Crippen LogP contribution in [0.5, 0.6) is 0 Å². The van der Waals surface area contributed by atoms with Crippen molar-refractivity contribution in [1.82, 2.24) is 4.37 Å². The van der Waals surface area contributed by atoms with Crippen molar-refractivity contribution < 1.29 is 8.42 Å². The topological polar surface area (TPSA) is 85.1 Å². The van der Waals surface area contributed by atoms with Gasteiger partial charge in [0, 0.05) is 11.6 Å². The van der Waals surface area contributed by atoms with E-state index in [1.807, 2.05) is 18.2 Å². The molecule has 0 spiro atoms. The number of aromatic nitrogens is 1. The Bertz CT molecular complexity index is 713. The van der Waals surface area contributed by atoms with Crippen molar-refractivity contribution in [2.24, 2.45) is 0 Å². The van der Waals surface area contributed by atoms with Crippen LogP contribution in [-0.2, 0) is 16.4 Å². The van der Waals surface area contributed by atoms with E-state index in [1.54, 1.807) is 13.0 Å². The molecule has 0 amide bonds. The van der Waals surface area contributed by atoms with Crippen LogP contribution in [0.15, 0.2) is 29.2 Å². The van der Waals surface area contributed by atoms with Gasteiger partial charge in [0.25, 0.3) is 0 Å². The van der Waals surface area contributed by atoms with Gasteiger partial charge in [0.05, 0.1) is 5.75 Å². The largest absolute Gasteiger partial charge is 0.382 e. The van der Waals surface area contributed by atoms with Gasteiger partial charge >= 0.3 is 0 Å². The summed E-state index contributed by atoms with van der Waals surface area (Å²) in [6, 6.07) is 7.36. The molecule has 0 aliphatic carbocycles. The Kier molecular flexibility index (Phi) is 4.52. The van der Waals surface area contributed by atoms with E-state index >= 15 is 0 Å². The molecule has 1 aromatic heterocycles. The van der Waals surface area contributed by atoms with E-state index in [-0.39, 0.29) is 16.5 Å². The zero-order chi connectivity index (χ0) is 14.8. The predicted molar refractivity (Wildman–Crippen MR) is 83.0 cm³/mol. The Morgan fingerprint density at radius 3 is 2.75 bits per heavy atom. The summed E-state index contributed by atoms with van der Waals surface area (Å²) in [6.45, 7) is 1.98. The van der Waals surface area contributed by atoms with Crippen molar-refractivity contribution in [3.8, 4) is 0 Å². The SMILES string of the molecule is CCS(=O)(=O)c1c(N)nsc1NCc1ccccc1Cl. The first kappa shape index (κ1) is 15.1.